The molecule has 16 heavy (non-hydrogen) atoms. The van der Waals surface area contributed by atoms with Crippen molar-refractivity contribution in [1.29, 1.82) is 0 Å². The fourth-order valence-corrected chi connectivity index (χ4v) is 1.49. The number of carbonyl (C=O) groups excluding carboxylic acids is 1. The van der Waals surface area contributed by atoms with E-state index in [4.69, 9.17) is 14.9 Å². The first-order valence-corrected chi connectivity index (χ1v) is 5.57. The quantitative estimate of drug-likeness (QED) is 0.750. The highest BCUT2D eigenvalue weighted by Crippen LogP contribution is 2.12. The van der Waals surface area contributed by atoms with Crippen LogP contribution in [0.25, 0.3) is 0 Å². The molecule has 0 bridgehead atoms. The molecule has 0 radical (unpaired) electrons. The monoisotopic (exact) mass is 225 g/mol. The van der Waals surface area contributed by atoms with Crippen molar-refractivity contribution in [1.82, 2.24) is 0 Å². The summed E-state index contributed by atoms with van der Waals surface area (Å²) in [6.45, 7) is 4.20. The maximum atomic E-state index is 11.1. The van der Waals surface area contributed by atoms with E-state index >= 15 is 0 Å². The minimum atomic E-state index is -0.186. The van der Waals surface area contributed by atoms with Gasteiger partial charge >= 0.3 is 5.97 Å². The average molecular weight is 225 g/mol. The van der Waals surface area contributed by atoms with E-state index in [1.807, 2.05) is 13.0 Å². The molecule has 4 nitrogen and oxygen atoms in total. The van der Waals surface area contributed by atoms with E-state index in [0.29, 0.717) is 25.9 Å². The lowest BCUT2D eigenvalue weighted by Crippen LogP contribution is -2.24. The van der Waals surface area contributed by atoms with Gasteiger partial charge in [-0.05, 0) is 31.9 Å². The van der Waals surface area contributed by atoms with Crippen molar-refractivity contribution in [2.75, 3.05) is 6.61 Å². The first-order chi connectivity index (χ1) is 7.63. The van der Waals surface area contributed by atoms with Crippen LogP contribution >= 0.6 is 0 Å². The standard InChI is InChI=1S/C12H19NO3/c1-3-15-12(14)5-4-10(13)8-11-9(2)6-7-16-11/h6-7,10H,3-5,8,13H2,1-2H3. The number of carbonyl (C=O) groups is 1. The van der Waals surface area contributed by atoms with Crippen LogP contribution in [0.5, 0.6) is 0 Å². The molecular formula is C12H19NO3. The molecule has 0 spiro atoms. The predicted octanol–water partition coefficient (Wildman–Crippen LogP) is 1.80. The van der Waals surface area contributed by atoms with Crippen LogP contribution in [0.1, 0.15) is 31.1 Å². The lowest BCUT2D eigenvalue weighted by Gasteiger charge is -2.09. The summed E-state index contributed by atoms with van der Waals surface area (Å²) in [6, 6.07) is 1.85. The molecule has 1 heterocycles. The lowest BCUT2D eigenvalue weighted by atomic mass is 10.1. The largest absolute Gasteiger partial charge is 0.469 e. The molecule has 2 N–H and O–H groups in total. The molecule has 0 fully saturated rings. The summed E-state index contributed by atoms with van der Waals surface area (Å²) in [5.41, 5.74) is 7.01. The van der Waals surface area contributed by atoms with Crippen LogP contribution in [-0.2, 0) is 16.0 Å². The molecular weight excluding hydrogens is 206 g/mol. The van der Waals surface area contributed by atoms with Gasteiger partial charge in [-0.3, -0.25) is 4.79 Å². The van der Waals surface area contributed by atoms with Crippen molar-refractivity contribution in [2.45, 2.75) is 39.2 Å². The Balaban J connectivity index is 2.28. The summed E-state index contributed by atoms with van der Waals surface area (Å²) >= 11 is 0. The fraction of sp³-hybridized carbons (Fsp3) is 0.583. The maximum Gasteiger partial charge on any atom is 0.305 e. The molecule has 1 rings (SSSR count). The number of hydrogen-bond acceptors (Lipinski definition) is 4. The van der Waals surface area contributed by atoms with Crippen LogP contribution < -0.4 is 5.73 Å². The van der Waals surface area contributed by atoms with Crippen molar-refractivity contribution in [3.63, 3.8) is 0 Å². The molecule has 0 aliphatic heterocycles. The minimum absolute atomic E-state index is 0.0609. The van der Waals surface area contributed by atoms with Gasteiger partial charge in [0.15, 0.2) is 0 Å². The molecule has 4 heteroatoms. The second-order valence-electron chi connectivity index (χ2n) is 3.83. The maximum absolute atomic E-state index is 11.1. The summed E-state index contributed by atoms with van der Waals surface area (Å²) in [6.07, 6.45) is 3.31. The number of furan rings is 1. The summed E-state index contributed by atoms with van der Waals surface area (Å²) < 4.78 is 10.1. The van der Waals surface area contributed by atoms with Crippen molar-refractivity contribution in [2.24, 2.45) is 5.73 Å². The Morgan fingerprint density at radius 1 is 1.62 bits per heavy atom. The van der Waals surface area contributed by atoms with E-state index in [1.54, 1.807) is 13.2 Å². The molecule has 0 amide bonds. The van der Waals surface area contributed by atoms with Gasteiger partial charge in [0.05, 0.1) is 12.9 Å². The minimum Gasteiger partial charge on any atom is -0.469 e. The Morgan fingerprint density at radius 2 is 2.38 bits per heavy atom. The van der Waals surface area contributed by atoms with Gasteiger partial charge in [-0.1, -0.05) is 0 Å². The highest BCUT2D eigenvalue weighted by Gasteiger charge is 2.11. The lowest BCUT2D eigenvalue weighted by molar-refractivity contribution is -0.143. The van der Waals surface area contributed by atoms with Crippen LogP contribution in [0.2, 0.25) is 0 Å². The zero-order chi connectivity index (χ0) is 12.0. The van der Waals surface area contributed by atoms with Gasteiger partial charge in [0.1, 0.15) is 5.76 Å². The third-order valence-corrected chi connectivity index (χ3v) is 2.44. The highest BCUT2D eigenvalue weighted by atomic mass is 16.5. The second kappa shape index (κ2) is 6.33. The molecule has 90 valence electrons. The zero-order valence-electron chi connectivity index (χ0n) is 9.86. The molecule has 0 aliphatic rings. The Bertz CT molecular complexity index is 333. The average Bonchev–Trinajstić information content (AvgIpc) is 2.62. The Morgan fingerprint density at radius 3 is 2.94 bits per heavy atom. The van der Waals surface area contributed by atoms with Gasteiger partial charge < -0.3 is 14.9 Å². The number of nitrogens with two attached hydrogens (primary N) is 1. The van der Waals surface area contributed by atoms with Crippen LogP contribution in [0, 0.1) is 6.92 Å². The normalized spacial score (nSPS) is 12.4. The molecule has 1 aromatic heterocycles. The number of esters is 1. The van der Waals surface area contributed by atoms with E-state index in [1.165, 1.54) is 0 Å². The summed E-state index contributed by atoms with van der Waals surface area (Å²) in [7, 11) is 0. The number of aryl methyl sites for hydroxylation is 1. The molecule has 1 atom stereocenters. The third-order valence-electron chi connectivity index (χ3n) is 2.44. The summed E-state index contributed by atoms with van der Waals surface area (Å²) in [5.74, 6) is 0.713. The van der Waals surface area contributed by atoms with Crippen LogP contribution in [0.15, 0.2) is 16.7 Å². The van der Waals surface area contributed by atoms with E-state index < -0.39 is 0 Å². The van der Waals surface area contributed by atoms with Gasteiger partial charge in [0, 0.05) is 18.9 Å². The van der Waals surface area contributed by atoms with Gasteiger partial charge in [-0.2, -0.15) is 0 Å². The van der Waals surface area contributed by atoms with E-state index in [0.717, 1.165) is 11.3 Å². The molecule has 0 saturated heterocycles. The van der Waals surface area contributed by atoms with Crippen LogP contribution in [-0.4, -0.2) is 18.6 Å². The number of hydrogen-bond donors (Lipinski definition) is 1. The SMILES string of the molecule is CCOC(=O)CCC(N)Cc1occc1C. The third kappa shape index (κ3) is 4.06. The van der Waals surface area contributed by atoms with E-state index in [9.17, 15) is 4.79 Å². The molecule has 1 unspecified atom stereocenters. The Hall–Kier alpha value is -1.29. The second-order valence-corrected chi connectivity index (χ2v) is 3.83. The predicted molar refractivity (Wildman–Crippen MR) is 61.0 cm³/mol. The number of ether oxygens (including phenoxy) is 1. The zero-order valence-corrected chi connectivity index (χ0v) is 9.86. The Labute approximate surface area is 95.8 Å². The van der Waals surface area contributed by atoms with Crippen molar-refractivity contribution in [3.8, 4) is 0 Å². The van der Waals surface area contributed by atoms with Crippen molar-refractivity contribution in [3.05, 3.63) is 23.7 Å². The van der Waals surface area contributed by atoms with Gasteiger partial charge in [0.25, 0.3) is 0 Å². The molecule has 0 aliphatic carbocycles. The Kier molecular flexibility index (Phi) is 5.05. The van der Waals surface area contributed by atoms with Crippen molar-refractivity contribution >= 4 is 5.97 Å². The van der Waals surface area contributed by atoms with Crippen LogP contribution in [0.4, 0.5) is 0 Å². The van der Waals surface area contributed by atoms with Gasteiger partial charge in [-0.15, -0.1) is 0 Å². The number of rotatable bonds is 6. The molecule has 1 aromatic rings. The first-order valence-electron chi connectivity index (χ1n) is 5.57. The van der Waals surface area contributed by atoms with Crippen LogP contribution in [0.3, 0.4) is 0 Å². The smallest absolute Gasteiger partial charge is 0.305 e. The van der Waals surface area contributed by atoms with Gasteiger partial charge in [-0.25, -0.2) is 0 Å². The van der Waals surface area contributed by atoms with E-state index in [2.05, 4.69) is 0 Å². The summed E-state index contributed by atoms with van der Waals surface area (Å²) in [5, 5.41) is 0. The molecule has 0 saturated carbocycles. The summed E-state index contributed by atoms with van der Waals surface area (Å²) in [4.78, 5) is 11.1. The molecule has 0 aromatic carbocycles. The van der Waals surface area contributed by atoms with Crippen molar-refractivity contribution < 1.29 is 13.9 Å². The fourth-order valence-electron chi connectivity index (χ4n) is 1.49. The topological polar surface area (TPSA) is 65.5 Å². The highest BCUT2D eigenvalue weighted by molar-refractivity contribution is 5.69. The van der Waals surface area contributed by atoms with Gasteiger partial charge in [0.2, 0.25) is 0 Å². The van der Waals surface area contributed by atoms with E-state index in [-0.39, 0.29) is 12.0 Å². The first kappa shape index (κ1) is 12.8.